The number of anilines is 2. The van der Waals surface area contributed by atoms with E-state index >= 15 is 0 Å². The number of piperazine rings is 1. The van der Waals surface area contributed by atoms with Gasteiger partial charge in [0.05, 0.1) is 38.3 Å². The Balaban J connectivity index is 1.43. The van der Waals surface area contributed by atoms with E-state index in [1.807, 2.05) is 24.3 Å². The van der Waals surface area contributed by atoms with Crippen molar-refractivity contribution in [3.63, 3.8) is 0 Å². The summed E-state index contributed by atoms with van der Waals surface area (Å²) < 4.78 is 0. The maximum absolute atomic E-state index is 12.9. The Labute approximate surface area is 168 Å². The standard InChI is InChI=1S/C20H19Cl2N3O2/c21-14-4-6-16(7-5-14)25-19(26)13-18(20(25)27)24-10-8-23(9-11-24)17-3-1-2-15(22)12-17/h1-7,12,18H,8-11,13H2/p+1/t18-/m1/s1. The third-order valence-electron chi connectivity index (χ3n) is 5.30. The topological polar surface area (TPSA) is 45.1 Å². The van der Waals surface area contributed by atoms with E-state index in [4.69, 9.17) is 23.2 Å². The van der Waals surface area contributed by atoms with Crippen LogP contribution >= 0.6 is 23.2 Å². The number of halogens is 2. The van der Waals surface area contributed by atoms with E-state index in [0.29, 0.717) is 10.7 Å². The summed E-state index contributed by atoms with van der Waals surface area (Å²) >= 11 is 12.0. The van der Waals surface area contributed by atoms with E-state index in [0.717, 1.165) is 36.9 Å². The molecule has 0 aromatic heterocycles. The molecule has 2 fully saturated rings. The summed E-state index contributed by atoms with van der Waals surface area (Å²) in [6, 6.07) is 14.3. The van der Waals surface area contributed by atoms with Gasteiger partial charge >= 0.3 is 0 Å². The van der Waals surface area contributed by atoms with E-state index < -0.39 is 0 Å². The van der Waals surface area contributed by atoms with Crippen LogP contribution in [0, 0.1) is 0 Å². The Morgan fingerprint density at radius 1 is 0.889 bits per heavy atom. The number of amides is 2. The van der Waals surface area contributed by atoms with E-state index in [2.05, 4.69) is 4.90 Å². The first-order valence-corrected chi connectivity index (χ1v) is 9.76. The van der Waals surface area contributed by atoms with Gasteiger partial charge in [-0.15, -0.1) is 0 Å². The minimum absolute atomic E-state index is 0.117. The number of nitrogens with one attached hydrogen (secondary N) is 1. The fourth-order valence-electron chi connectivity index (χ4n) is 3.89. The average Bonchev–Trinajstić information content (AvgIpc) is 2.97. The number of carbonyl (C=O) groups excluding carboxylic acids is 2. The lowest BCUT2D eigenvalue weighted by atomic mass is 10.1. The molecule has 5 nitrogen and oxygen atoms in total. The van der Waals surface area contributed by atoms with Crippen molar-refractivity contribution in [3.05, 3.63) is 58.6 Å². The van der Waals surface area contributed by atoms with Crippen molar-refractivity contribution in [1.29, 1.82) is 0 Å². The van der Waals surface area contributed by atoms with Crippen LogP contribution in [0.3, 0.4) is 0 Å². The molecular formula is C20H20Cl2N3O2+. The van der Waals surface area contributed by atoms with Gasteiger partial charge in [-0.05, 0) is 42.5 Å². The zero-order chi connectivity index (χ0) is 19.0. The zero-order valence-corrected chi connectivity index (χ0v) is 16.2. The normalized spacial score (nSPS) is 21.2. The first kappa shape index (κ1) is 18.3. The second-order valence-electron chi connectivity index (χ2n) is 6.93. The SMILES string of the molecule is O=C1C[C@@H]([NH+]2CCN(c3cccc(Cl)c3)CC2)C(=O)N1c1ccc(Cl)cc1. The van der Waals surface area contributed by atoms with Crippen LogP contribution in [0.4, 0.5) is 11.4 Å². The molecule has 0 spiro atoms. The molecule has 2 aromatic carbocycles. The molecule has 2 amide bonds. The molecule has 2 aliphatic heterocycles. The molecule has 1 atom stereocenters. The van der Waals surface area contributed by atoms with Crippen LogP contribution in [-0.2, 0) is 9.59 Å². The van der Waals surface area contributed by atoms with E-state index in [1.165, 1.54) is 9.80 Å². The van der Waals surface area contributed by atoms with Crippen molar-refractivity contribution < 1.29 is 14.5 Å². The second-order valence-corrected chi connectivity index (χ2v) is 7.80. The molecule has 2 aliphatic rings. The van der Waals surface area contributed by atoms with E-state index in [1.54, 1.807) is 24.3 Å². The van der Waals surface area contributed by atoms with Gasteiger partial charge in [0.1, 0.15) is 0 Å². The highest BCUT2D eigenvalue weighted by Gasteiger charge is 2.46. The predicted octanol–water partition coefficient (Wildman–Crippen LogP) is 2.03. The van der Waals surface area contributed by atoms with Gasteiger partial charge < -0.3 is 9.80 Å². The van der Waals surface area contributed by atoms with Gasteiger partial charge in [-0.2, -0.15) is 0 Å². The van der Waals surface area contributed by atoms with E-state index in [9.17, 15) is 9.59 Å². The average molecular weight is 405 g/mol. The van der Waals surface area contributed by atoms with Gasteiger partial charge in [0.25, 0.3) is 5.91 Å². The Hall–Kier alpha value is -2.08. The molecule has 1 N–H and O–H groups in total. The zero-order valence-electron chi connectivity index (χ0n) is 14.7. The van der Waals surface area contributed by atoms with Crippen LogP contribution in [-0.4, -0.2) is 44.0 Å². The lowest BCUT2D eigenvalue weighted by Crippen LogP contribution is -3.19. The lowest BCUT2D eigenvalue weighted by Gasteiger charge is -2.35. The quantitative estimate of drug-likeness (QED) is 0.796. The number of benzene rings is 2. The van der Waals surface area contributed by atoms with Crippen LogP contribution < -0.4 is 14.7 Å². The molecule has 0 radical (unpaired) electrons. The number of quaternary nitrogens is 1. The highest BCUT2D eigenvalue weighted by atomic mass is 35.5. The maximum atomic E-state index is 12.9. The van der Waals surface area contributed by atoms with Crippen LogP contribution in [0.1, 0.15) is 6.42 Å². The van der Waals surface area contributed by atoms with Crippen molar-refractivity contribution in [2.24, 2.45) is 0 Å². The van der Waals surface area contributed by atoms with Crippen molar-refractivity contribution in [2.45, 2.75) is 12.5 Å². The van der Waals surface area contributed by atoms with Crippen LogP contribution in [0.25, 0.3) is 0 Å². The molecule has 2 heterocycles. The molecule has 0 saturated carbocycles. The number of nitrogens with zero attached hydrogens (tertiary/aromatic N) is 2. The first-order chi connectivity index (χ1) is 13.0. The Bertz CT molecular complexity index is 864. The minimum atomic E-state index is -0.310. The number of hydrogen-bond acceptors (Lipinski definition) is 3. The minimum Gasteiger partial charge on any atom is -0.360 e. The Kier molecular flexibility index (Phi) is 5.08. The fourth-order valence-corrected chi connectivity index (χ4v) is 4.20. The number of carbonyl (C=O) groups is 2. The maximum Gasteiger partial charge on any atom is 0.292 e. The summed E-state index contributed by atoms with van der Waals surface area (Å²) in [5.41, 5.74) is 1.69. The monoisotopic (exact) mass is 404 g/mol. The molecule has 2 saturated heterocycles. The molecule has 27 heavy (non-hydrogen) atoms. The smallest absolute Gasteiger partial charge is 0.292 e. The van der Waals surface area contributed by atoms with Crippen molar-refractivity contribution in [2.75, 3.05) is 36.0 Å². The van der Waals surface area contributed by atoms with Gasteiger partial charge in [-0.3, -0.25) is 9.59 Å². The predicted molar refractivity (Wildman–Crippen MR) is 107 cm³/mol. The van der Waals surface area contributed by atoms with Gasteiger partial charge in [0.15, 0.2) is 6.04 Å². The lowest BCUT2D eigenvalue weighted by molar-refractivity contribution is -0.915. The Morgan fingerprint density at radius 2 is 1.59 bits per heavy atom. The van der Waals surface area contributed by atoms with Crippen LogP contribution in [0.15, 0.2) is 48.5 Å². The third kappa shape index (κ3) is 3.68. The van der Waals surface area contributed by atoms with Crippen LogP contribution in [0.2, 0.25) is 10.0 Å². The van der Waals surface area contributed by atoms with Crippen molar-refractivity contribution in [1.82, 2.24) is 0 Å². The van der Waals surface area contributed by atoms with Gasteiger partial charge in [0.2, 0.25) is 5.91 Å². The molecular weight excluding hydrogens is 385 g/mol. The van der Waals surface area contributed by atoms with Crippen molar-refractivity contribution >= 4 is 46.4 Å². The number of rotatable bonds is 3. The fraction of sp³-hybridized carbons (Fsp3) is 0.300. The van der Waals surface area contributed by atoms with Crippen LogP contribution in [0.5, 0.6) is 0 Å². The summed E-state index contributed by atoms with van der Waals surface area (Å²) in [7, 11) is 0. The summed E-state index contributed by atoms with van der Waals surface area (Å²) in [5.74, 6) is -0.259. The summed E-state index contributed by atoms with van der Waals surface area (Å²) in [6.07, 6.45) is 0.258. The third-order valence-corrected chi connectivity index (χ3v) is 5.79. The number of imide groups is 1. The van der Waals surface area contributed by atoms with E-state index in [-0.39, 0.29) is 24.3 Å². The summed E-state index contributed by atoms with van der Waals surface area (Å²) in [4.78, 5) is 30.1. The largest absolute Gasteiger partial charge is 0.360 e. The highest BCUT2D eigenvalue weighted by molar-refractivity contribution is 6.31. The van der Waals surface area contributed by atoms with Gasteiger partial charge in [0, 0.05) is 15.7 Å². The number of hydrogen-bond donors (Lipinski definition) is 1. The van der Waals surface area contributed by atoms with Gasteiger partial charge in [-0.25, -0.2) is 4.90 Å². The Morgan fingerprint density at radius 3 is 2.26 bits per heavy atom. The van der Waals surface area contributed by atoms with Gasteiger partial charge in [-0.1, -0.05) is 29.3 Å². The molecule has 0 aliphatic carbocycles. The first-order valence-electron chi connectivity index (χ1n) is 9.00. The summed E-state index contributed by atoms with van der Waals surface area (Å²) in [5, 5.41) is 1.30. The molecule has 4 rings (SSSR count). The molecule has 140 valence electrons. The molecule has 7 heteroatoms. The molecule has 0 bridgehead atoms. The second kappa shape index (κ2) is 7.50. The highest BCUT2D eigenvalue weighted by Crippen LogP contribution is 2.24. The molecule has 2 aromatic rings. The molecule has 0 unspecified atom stereocenters. The summed E-state index contributed by atoms with van der Waals surface area (Å²) in [6.45, 7) is 3.28. The van der Waals surface area contributed by atoms with Crippen molar-refractivity contribution in [3.8, 4) is 0 Å².